The van der Waals surface area contributed by atoms with Gasteiger partial charge in [0, 0.05) is 38.3 Å². The van der Waals surface area contributed by atoms with E-state index in [2.05, 4.69) is 34.3 Å². The highest BCUT2D eigenvalue weighted by molar-refractivity contribution is 6.02. The number of para-hydroxylation sites is 1. The van der Waals surface area contributed by atoms with Crippen molar-refractivity contribution in [2.45, 2.75) is 39.2 Å². The van der Waals surface area contributed by atoms with Crippen LogP contribution < -0.4 is 10.2 Å². The highest BCUT2D eigenvalue weighted by atomic mass is 16.2. The number of nitrogens with one attached hydrogen (secondary N) is 1. The van der Waals surface area contributed by atoms with Gasteiger partial charge in [0.05, 0.1) is 17.3 Å². The third kappa shape index (κ3) is 2.93. The molecule has 1 amide bonds. The molecular weight excluding hydrogens is 350 g/mol. The Morgan fingerprint density at radius 1 is 1.29 bits per heavy atom. The van der Waals surface area contributed by atoms with Crippen molar-refractivity contribution in [3.05, 3.63) is 52.5 Å². The van der Waals surface area contributed by atoms with E-state index in [9.17, 15) is 4.79 Å². The van der Waals surface area contributed by atoms with E-state index < -0.39 is 0 Å². The number of carbonyl (C=O) groups excluding carboxylic acids is 1. The molecule has 0 saturated carbocycles. The number of hydrogen-bond acceptors (Lipinski definition) is 4. The Bertz CT molecular complexity index is 1070. The maximum absolute atomic E-state index is 13.2. The first-order chi connectivity index (χ1) is 13.4. The van der Waals surface area contributed by atoms with Crippen LogP contribution in [0.4, 0.5) is 5.95 Å². The normalized spacial score (nSPS) is 16.1. The molecule has 1 N–H and O–H groups in total. The average Bonchev–Trinajstić information content (AvgIpc) is 2.93. The molecule has 6 nitrogen and oxygen atoms in total. The zero-order valence-electron chi connectivity index (χ0n) is 17.2. The minimum atomic E-state index is -0.0500. The lowest BCUT2D eigenvalue weighted by molar-refractivity contribution is 0.0924. The second-order valence-electron chi connectivity index (χ2n) is 7.89. The number of nitrogens with zero attached hydrogens (tertiary/aromatic N) is 4. The molecule has 28 heavy (non-hydrogen) atoms. The Balaban J connectivity index is 1.68. The van der Waals surface area contributed by atoms with Gasteiger partial charge in [-0.2, -0.15) is 0 Å². The zero-order valence-corrected chi connectivity index (χ0v) is 17.2. The predicted molar refractivity (Wildman–Crippen MR) is 112 cm³/mol. The van der Waals surface area contributed by atoms with Crippen LogP contribution in [0, 0.1) is 13.8 Å². The van der Waals surface area contributed by atoms with Gasteiger partial charge in [0.15, 0.2) is 0 Å². The number of aryl methyl sites for hydroxylation is 4. The Labute approximate surface area is 165 Å². The van der Waals surface area contributed by atoms with Crippen LogP contribution in [-0.4, -0.2) is 34.5 Å². The molecule has 1 aliphatic rings. The first-order valence-electron chi connectivity index (χ1n) is 9.77. The fourth-order valence-electron chi connectivity index (χ4n) is 4.35. The van der Waals surface area contributed by atoms with Gasteiger partial charge < -0.3 is 14.8 Å². The summed E-state index contributed by atoms with van der Waals surface area (Å²) in [7, 11) is 5.85. The summed E-state index contributed by atoms with van der Waals surface area (Å²) < 4.78 is 2.02. The summed E-state index contributed by atoms with van der Waals surface area (Å²) in [5.41, 5.74) is 6.12. The summed E-state index contributed by atoms with van der Waals surface area (Å²) in [5.74, 6) is 0.677. The second-order valence-corrected chi connectivity index (χ2v) is 7.89. The smallest absolute Gasteiger partial charge is 0.268 e. The van der Waals surface area contributed by atoms with Gasteiger partial charge in [-0.15, -0.1) is 0 Å². The van der Waals surface area contributed by atoms with Crippen LogP contribution in [0.3, 0.4) is 0 Å². The zero-order chi connectivity index (χ0) is 20.0. The Hall–Kier alpha value is -2.89. The van der Waals surface area contributed by atoms with Crippen molar-refractivity contribution in [3.8, 4) is 0 Å². The van der Waals surface area contributed by atoms with Crippen molar-refractivity contribution < 1.29 is 4.79 Å². The van der Waals surface area contributed by atoms with Crippen LogP contribution in [0.5, 0.6) is 0 Å². The maximum Gasteiger partial charge on any atom is 0.268 e. The van der Waals surface area contributed by atoms with E-state index in [1.165, 1.54) is 5.56 Å². The summed E-state index contributed by atoms with van der Waals surface area (Å²) in [5, 5.41) is 4.38. The number of amides is 1. The van der Waals surface area contributed by atoms with Gasteiger partial charge in [-0.3, -0.25) is 4.79 Å². The van der Waals surface area contributed by atoms with Gasteiger partial charge in [0.1, 0.15) is 5.69 Å². The van der Waals surface area contributed by atoms with E-state index >= 15 is 0 Å². The molecule has 1 aliphatic carbocycles. The topological polar surface area (TPSA) is 63.1 Å². The standard InChI is InChI=1S/C22H27N5O/c1-13-8-6-9-15-14(2)20(27(5)19(13)15)21(28)24-17-10-7-11-18-16(17)12-23-22(25-18)26(3)4/h6,8-9,12,17H,7,10-11H2,1-5H3,(H,24,28)/t17-/m0/s1. The van der Waals surface area contributed by atoms with Crippen molar-refractivity contribution >= 4 is 22.8 Å². The summed E-state index contributed by atoms with van der Waals surface area (Å²) in [6, 6.07) is 6.16. The van der Waals surface area contributed by atoms with E-state index in [1.807, 2.05) is 49.8 Å². The SMILES string of the molecule is Cc1c(C(=O)N[C@H]2CCCc3nc(N(C)C)ncc32)n(C)c2c(C)cccc12. The molecule has 1 aromatic carbocycles. The van der Waals surface area contributed by atoms with Crippen LogP contribution in [-0.2, 0) is 13.5 Å². The molecule has 0 unspecified atom stereocenters. The second kappa shape index (κ2) is 6.93. The van der Waals surface area contributed by atoms with Crippen molar-refractivity contribution in [2.75, 3.05) is 19.0 Å². The van der Waals surface area contributed by atoms with E-state index in [4.69, 9.17) is 0 Å². The van der Waals surface area contributed by atoms with Gasteiger partial charge in [0.2, 0.25) is 5.95 Å². The molecule has 3 aromatic rings. The number of benzene rings is 1. The maximum atomic E-state index is 13.2. The van der Waals surface area contributed by atoms with Crippen molar-refractivity contribution in [1.82, 2.24) is 19.9 Å². The molecule has 1 atom stereocenters. The highest BCUT2D eigenvalue weighted by Crippen LogP contribution is 2.31. The number of anilines is 1. The molecule has 0 aliphatic heterocycles. The largest absolute Gasteiger partial charge is 0.347 e. The van der Waals surface area contributed by atoms with Gasteiger partial charge in [-0.05, 0) is 44.2 Å². The van der Waals surface area contributed by atoms with Crippen molar-refractivity contribution in [3.63, 3.8) is 0 Å². The first-order valence-corrected chi connectivity index (χ1v) is 9.77. The summed E-state index contributed by atoms with van der Waals surface area (Å²) in [6.45, 7) is 4.11. The molecule has 0 fully saturated rings. The highest BCUT2D eigenvalue weighted by Gasteiger charge is 2.27. The third-order valence-corrected chi connectivity index (χ3v) is 5.76. The number of fused-ring (bicyclic) bond motifs is 2. The minimum absolute atomic E-state index is 0.0369. The molecule has 2 aromatic heterocycles. The minimum Gasteiger partial charge on any atom is -0.347 e. The van der Waals surface area contributed by atoms with E-state index in [-0.39, 0.29) is 11.9 Å². The molecule has 4 rings (SSSR count). The van der Waals surface area contributed by atoms with Gasteiger partial charge in [-0.1, -0.05) is 18.2 Å². The molecule has 0 spiro atoms. The number of hydrogen-bond donors (Lipinski definition) is 1. The fourth-order valence-corrected chi connectivity index (χ4v) is 4.35. The molecule has 0 radical (unpaired) electrons. The third-order valence-electron chi connectivity index (χ3n) is 5.76. The lowest BCUT2D eigenvalue weighted by Crippen LogP contribution is -2.33. The summed E-state index contributed by atoms with van der Waals surface area (Å²) in [6.07, 6.45) is 4.72. The Kier molecular flexibility index (Phi) is 4.57. The van der Waals surface area contributed by atoms with E-state index in [1.54, 1.807) is 0 Å². The summed E-state index contributed by atoms with van der Waals surface area (Å²) in [4.78, 5) is 24.3. The molecule has 0 bridgehead atoms. The van der Waals surface area contributed by atoms with Crippen LogP contribution in [0.25, 0.3) is 10.9 Å². The van der Waals surface area contributed by atoms with E-state index in [0.717, 1.165) is 52.7 Å². The monoisotopic (exact) mass is 377 g/mol. The van der Waals surface area contributed by atoms with Crippen molar-refractivity contribution in [1.29, 1.82) is 0 Å². The van der Waals surface area contributed by atoms with Crippen LogP contribution in [0.2, 0.25) is 0 Å². The number of carbonyl (C=O) groups is 1. The summed E-state index contributed by atoms with van der Waals surface area (Å²) >= 11 is 0. The van der Waals surface area contributed by atoms with Gasteiger partial charge in [0.25, 0.3) is 5.91 Å². The van der Waals surface area contributed by atoms with Crippen LogP contribution in [0.1, 0.15) is 51.8 Å². The molecule has 6 heteroatoms. The van der Waals surface area contributed by atoms with Crippen molar-refractivity contribution in [2.24, 2.45) is 7.05 Å². The molecular formula is C22H27N5O. The fraction of sp³-hybridized carbons (Fsp3) is 0.409. The Morgan fingerprint density at radius 3 is 2.79 bits per heavy atom. The van der Waals surface area contributed by atoms with Gasteiger partial charge in [-0.25, -0.2) is 9.97 Å². The van der Waals surface area contributed by atoms with E-state index in [0.29, 0.717) is 5.95 Å². The average molecular weight is 377 g/mol. The van der Waals surface area contributed by atoms with Crippen LogP contribution in [0.15, 0.2) is 24.4 Å². The molecule has 2 heterocycles. The van der Waals surface area contributed by atoms with Gasteiger partial charge >= 0.3 is 0 Å². The number of rotatable bonds is 3. The molecule has 146 valence electrons. The van der Waals surface area contributed by atoms with Crippen LogP contribution >= 0.6 is 0 Å². The molecule has 0 saturated heterocycles. The lowest BCUT2D eigenvalue weighted by atomic mass is 9.92. The predicted octanol–water partition coefficient (Wildman–Crippen LogP) is 3.46. The number of aromatic nitrogens is 3. The quantitative estimate of drug-likeness (QED) is 0.759. The Morgan fingerprint density at radius 2 is 2.07 bits per heavy atom. The lowest BCUT2D eigenvalue weighted by Gasteiger charge is -2.26. The first kappa shape index (κ1) is 18.5.